The Labute approximate surface area is 172 Å². The van der Waals surface area contributed by atoms with Crippen LogP contribution in [0.15, 0.2) is 52.1 Å². The summed E-state index contributed by atoms with van der Waals surface area (Å²) in [5.41, 5.74) is 6.81. The van der Waals surface area contributed by atoms with Crippen molar-refractivity contribution in [1.82, 2.24) is 15.5 Å². The van der Waals surface area contributed by atoms with Crippen LogP contribution in [0.3, 0.4) is 0 Å². The molecule has 1 aliphatic heterocycles. The number of primary amides is 1. The number of nitrogens with two attached hydrogens (primary N) is 1. The van der Waals surface area contributed by atoms with E-state index in [9.17, 15) is 4.79 Å². The molecule has 1 aliphatic rings. The van der Waals surface area contributed by atoms with Crippen LogP contribution in [0.1, 0.15) is 53.9 Å². The zero-order valence-electron chi connectivity index (χ0n) is 17.1. The van der Waals surface area contributed by atoms with Gasteiger partial charge in [-0.25, -0.2) is 4.99 Å². The molecule has 1 aromatic heterocycles. The monoisotopic (exact) mass is 397 g/mol. The summed E-state index contributed by atoms with van der Waals surface area (Å²) in [5, 5.41) is 6.75. The van der Waals surface area contributed by atoms with Crippen molar-refractivity contribution in [2.24, 2.45) is 10.7 Å². The standard InChI is InChI=1S/C22H31N5O2/c1-2-24-22(25-15-17-8-6-9-18(14-17)21(23)28)26-16-19(20-10-7-13-29-20)27-11-4-3-5-12-27/h6-10,13-14,19H,2-5,11-12,15-16H2,1H3,(H2,23,28)(H2,24,25,26). The lowest BCUT2D eigenvalue weighted by atomic mass is 10.1. The molecule has 3 rings (SSSR count). The van der Waals surface area contributed by atoms with Crippen LogP contribution in [0.4, 0.5) is 0 Å². The lowest BCUT2D eigenvalue weighted by Crippen LogP contribution is -2.44. The van der Waals surface area contributed by atoms with E-state index in [4.69, 9.17) is 10.2 Å². The molecule has 2 heterocycles. The molecule has 1 aromatic carbocycles. The van der Waals surface area contributed by atoms with Gasteiger partial charge in [-0.3, -0.25) is 9.69 Å². The van der Waals surface area contributed by atoms with E-state index in [-0.39, 0.29) is 6.04 Å². The van der Waals surface area contributed by atoms with Crippen LogP contribution in [-0.4, -0.2) is 42.9 Å². The number of piperidine rings is 1. The third kappa shape index (κ3) is 6.09. The van der Waals surface area contributed by atoms with Gasteiger partial charge in [-0.2, -0.15) is 0 Å². The number of carbonyl (C=O) groups excluding carboxylic acids is 1. The number of hydrogen-bond donors (Lipinski definition) is 3. The summed E-state index contributed by atoms with van der Waals surface area (Å²) in [5.74, 6) is 1.29. The van der Waals surface area contributed by atoms with Gasteiger partial charge in [0.05, 0.1) is 18.8 Å². The minimum atomic E-state index is -0.427. The van der Waals surface area contributed by atoms with Gasteiger partial charge in [0.25, 0.3) is 0 Å². The maximum atomic E-state index is 11.4. The molecule has 1 atom stereocenters. The van der Waals surface area contributed by atoms with Crippen LogP contribution in [0.25, 0.3) is 0 Å². The minimum absolute atomic E-state index is 0.173. The van der Waals surface area contributed by atoms with Gasteiger partial charge in [-0.1, -0.05) is 18.6 Å². The number of aliphatic imine (C=N–C) groups is 1. The number of carbonyl (C=O) groups is 1. The molecule has 0 saturated carbocycles. The number of benzene rings is 1. The number of amides is 1. The molecule has 0 aliphatic carbocycles. The molecule has 7 heteroatoms. The second-order valence-corrected chi connectivity index (χ2v) is 7.27. The van der Waals surface area contributed by atoms with Gasteiger partial charge in [-0.15, -0.1) is 0 Å². The Hall–Kier alpha value is -2.80. The van der Waals surface area contributed by atoms with Crippen molar-refractivity contribution in [3.63, 3.8) is 0 Å². The summed E-state index contributed by atoms with van der Waals surface area (Å²) >= 11 is 0. The zero-order chi connectivity index (χ0) is 20.5. The van der Waals surface area contributed by atoms with E-state index in [1.165, 1.54) is 19.3 Å². The zero-order valence-corrected chi connectivity index (χ0v) is 17.1. The quantitative estimate of drug-likeness (QED) is 0.470. The highest BCUT2D eigenvalue weighted by molar-refractivity contribution is 5.92. The number of guanidine groups is 1. The Morgan fingerprint density at radius 1 is 1.21 bits per heavy atom. The molecule has 2 aromatic rings. The van der Waals surface area contributed by atoms with Gasteiger partial charge < -0.3 is 20.8 Å². The van der Waals surface area contributed by atoms with Crippen molar-refractivity contribution in [3.8, 4) is 0 Å². The van der Waals surface area contributed by atoms with Crippen LogP contribution in [0.2, 0.25) is 0 Å². The molecular weight excluding hydrogens is 366 g/mol. The second kappa shape index (κ2) is 10.7. The Morgan fingerprint density at radius 3 is 2.72 bits per heavy atom. The number of nitrogens with zero attached hydrogens (tertiary/aromatic N) is 2. The molecule has 1 saturated heterocycles. The van der Waals surface area contributed by atoms with Gasteiger partial charge in [0.2, 0.25) is 5.91 Å². The molecular formula is C22H31N5O2. The van der Waals surface area contributed by atoms with Crippen molar-refractivity contribution in [2.45, 2.75) is 38.8 Å². The first-order chi connectivity index (χ1) is 14.2. The van der Waals surface area contributed by atoms with Crippen molar-refractivity contribution in [2.75, 3.05) is 26.2 Å². The van der Waals surface area contributed by atoms with E-state index in [1.807, 2.05) is 31.2 Å². The normalized spacial score (nSPS) is 16.4. The molecule has 1 amide bonds. The average molecular weight is 398 g/mol. The molecule has 0 bridgehead atoms. The SMILES string of the molecule is CCNC(=NCc1cccc(C(N)=O)c1)NCC(c1ccco1)N1CCCCC1. The fourth-order valence-electron chi connectivity index (χ4n) is 3.65. The molecule has 0 spiro atoms. The average Bonchev–Trinajstić information content (AvgIpc) is 3.27. The van der Waals surface area contributed by atoms with Crippen molar-refractivity contribution in [1.29, 1.82) is 0 Å². The highest BCUT2D eigenvalue weighted by Crippen LogP contribution is 2.24. The maximum absolute atomic E-state index is 11.4. The Bertz CT molecular complexity index is 797. The highest BCUT2D eigenvalue weighted by atomic mass is 16.3. The first-order valence-electron chi connectivity index (χ1n) is 10.4. The lowest BCUT2D eigenvalue weighted by molar-refractivity contribution is 0.1000. The molecule has 29 heavy (non-hydrogen) atoms. The Morgan fingerprint density at radius 2 is 2.03 bits per heavy atom. The van der Waals surface area contributed by atoms with Crippen molar-refractivity contribution < 1.29 is 9.21 Å². The molecule has 156 valence electrons. The van der Waals surface area contributed by atoms with E-state index < -0.39 is 5.91 Å². The van der Waals surface area contributed by atoms with Gasteiger partial charge in [0.1, 0.15) is 5.76 Å². The van der Waals surface area contributed by atoms with E-state index >= 15 is 0 Å². The number of likely N-dealkylation sites (tertiary alicyclic amines) is 1. The molecule has 1 fully saturated rings. The summed E-state index contributed by atoms with van der Waals surface area (Å²) in [6, 6.07) is 11.4. The fourth-order valence-corrected chi connectivity index (χ4v) is 3.65. The molecule has 4 N–H and O–H groups in total. The van der Waals surface area contributed by atoms with Crippen molar-refractivity contribution in [3.05, 3.63) is 59.5 Å². The minimum Gasteiger partial charge on any atom is -0.468 e. The first kappa shape index (κ1) is 20.9. The van der Waals surface area contributed by atoms with E-state index in [1.54, 1.807) is 18.4 Å². The van der Waals surface area contributed by atoms with Gasteiger partial charge in [-0.05, 0) is 62.7 Å². The van der Waals surface area contributed by atoms with Gasteiger partial charge in [0.15, 0.2) is 5.96 Å². The fraction of sp³-hybridized carbons (Fsp3) is 0.455. The Kier molecular flexibility index (Phi) is 7.69. The van der Waals surface area contributed by atoms with Crippen molar-refractivity contribution >= 4 is 11.9 Å². The molecule has 7 nitrogen and oxygen atoms in total. The summed E-state index contributed by atoms with van der Waals surface area (Å²) in [6.45, 7) is 6.15. The number of furan rings is 1. The topological polar surface area (TPSA) is 95.9 Å². The lowest BCUT2D eigenvalue weighted by Gasteiger charge is -2.33. The second-order valence-electron chi connectivity index (χ2n) is 7.27. The third-order valence-electron chi connectivity index (χ3n) is 5.14. The van der Waals surface area contributed by atoms with E-state index in [2.05, 4.69) is 20.5 Å². The van der Waals surface area contributed by atoms with E-state index in [0.29, 0.717) is 18.7 Å². The van der Waals surface area contributed by atoms with Gasteiger partial charge in [0, 0.05) is 18.7 Å². The van der Waals surface area contributed by atoms with Gasteiger partial charge >= 0.3 is 0 Å². The van der Waals surface area contributed by atoms with Crippen LogP contribution < -0.4 is 16.4 Å². The smallest absolute Gasteiger partial charge is 0.248 e. The van der Waals surface area contributed by atoms with Crippen LogP contribution in [0.5, 0.6) is 0 Å². The number of rotatable bonds is 8. The summed E-state index contributed by atoms with van der Waals surface area (Å²) in [7, 11) is 0. The number of nitrogens with one attached hydrogen (secondary N) is 2. The molecule has 0 radical (unpaired) electrons. The Balaban J connectivity index is 1.67. The largest absolute Gasteiger partial charge is 0.468 e. The maximum Gasteiger partial charge on any atom is 0.248 e. The predicted octanol–water partition coefficient (Wildman–Crippen LogP) is 2.66. The highest BCUT2D eigenvalue weighted by Gasteiger charge is 2.24. The van der Waals surface area contributed by atoms with Crippen LogP contribution in [0, 0.1) is 0 Å². The first-order valence-corrected chi connectivity index (χ1v) is 10.4. The predicted molar refractivity (Wildman–Crippen MR) is 115 cm³/mol. The van der Waals surface area contributed by atoms with E-state index in [0.717, 1.165) is 36.9 Å². The third-order valence-corrected chi connectivity index (χ3v) is 5.14. The summed E-state index contributed by atoms with van der Waals surface area (Å²) < 4.78 is 5.72. The molecule has 1 unspecified atom stereocenters. The summed E-state index contributed by atoms with van der Waals surface area (Å²) in [4.78, 5) is 18.5. The van der Waals surface area contributed by atoms with Crippen LogP contribution >= 0.6 is 0 Å². The number of hydrogen-bond acceptors (Lipinski definition) is 4. The van der Waals surface area contributed by atoms with Crippen LogP contribution in [-0.2, 0) is 6.54 Å². The summed E-state index contributed by atoms with van der Waals surface area (Å²) in [6.07, 6.45) is 5.48.